The summed E-state index contributed by atoms with van der Waals surface area (Å²) in [5.74, 6) is 0.890. The third kappa shape index (κ3) is 5.04. The van der Waals surface area contributed by atoms with Gasteiger partial charge in [-0.3, -0.25) is 9.59 Å². The summed E-state index contributed by atoms with van der Waals surface area (Å²) in [5, 5.41) is 0.200. The van der Waals surface area contributed by atoms with Crippen LogP contribution in [0.2, 0.25) is 5.15 Å². The minimum atomic E-state index is -0.157. The van der Waals surface area contributed by atoms with E-state index in [1.54, 1.807) is 11.9 Å². The van der Waals surface area contributed by atoms with Gasteiger partial charge in [-0.2, -0.15) is 0 Å². The van der Waals surface area contributed by atoms with Crippen molar-refractivity contribution >= 4 is 29.2 Å². The van der Waals surface area contributed by atoms with E-state index in [4.69, 9.17) is 17.3 Å². The maximum absolute atomic E-state index is 12.8. The molecule has 1 saturated heterocycles. The molecule has 1 atom stereocenters. The van der Waals surface area contributed by atoms with Gasteiger partial charge in [0.15, 0.2) is 0 Å². The number of carbonyl (C=O) groups excluding carboxylic acids is 2. The van der Waals surface area contributed by atoms with E-state index >= 15 is 0 Å². The molecule has 2 fully saturated rings. The average Bonchev–Trinajstić information content (AvgIpc) is 2.68. The number of hydrogen-bond donors (Lipinski definition) is 1. The third-order valence-electron chi connectivity index (χ3n) is 5.88. The molecule has 1 aromatic heterocycles. The molecule has 0 radical (unpaired) electrons. The van der Waals surface area contributed by atoms with Crippen LogP contribution in [0, 0.1) is 5.92 Å². The third-order valence-corrected chi connectivity index (χ3v) is 6.07. The number of likely N-dealkylation sites (tertiary alicyclic amines) is 1. The van der Waals surface area contributed by atoms with Crippen LogP contribution in [-0.4, -0.2) is 52.8 Å². The lowest BCUT2D eigenvalue weighted by Crippen LogP contribution is -2.50. The van der Waals surface area contributed by atoms with Crippen molar-refractivity contribution in [2.24, 2.45) is 5.92 Å². The van der Waals surface area contributed by atoms with Gasteiger partial charge in [-0.05, 0) is 56.6 Å². The predicted molar refractivity (Wildman–Crippen MR) is 111 cm³/mol. The van der Waals surface area contributed by atoms with E-state index in [-0.39, 0.29) is 28.8 Å². The number of aromatic nitrogens is 1. The lowest BCUT2D eigenvalue weighted by molar-refractivity contribution is -0.127. The summed E-state index contributed by atoms with van der Waals surface area (Å²) < 4.78 is 0. The lowest BCUT2D eigenvalue weighted by atomic mass is 9.87. The summed E-state index contributed by atoms with van der Waals surface area (Å²) in [6.45, 7) is 3.56. The first-order valence-corrected chi connectivity index (χ1v) is 10.4. The Hall–Kier alpha value is -2.08. The van der Waals surface area contributed by atoms with Gasteiger partial charge in [0.05, 0.1) is 0 Å². The van der Waals surface area contributed by atoms with Gasteiger partial charge in [0, 0.05) is 37.8 Å². The van der Waals surface area contributed by atoms with E-state index in [1.165, 1.54) is 17.7 Å². The van der Waals surface area contributed by atoms with Crippen LogP contribution in [0.5, 0.6) is 0 Å². The monoisotopic (exact) mass is 404 g/mol. The molecule has 1 saturated carbocycles. The molecule has 2 N–H and O–H groups in total. The average molecular weight is 405 g/mol. The number of rotatable bonds is 3. The fourth-order valence-corrected chi connectivity index (χ4v) is 4.24. The molecule has 1 aliphatic heterocycles. The zero-order chi connectivity index (χ0) is 20.3. The normalized spacial score (nSPS) is 22.7. The molecular formula is C21H29ClN4O2. The maximum atomic E-state index is 12.8. The summed E-state index contributed by atoms with van der Waals surface area (Å²) in [5.41, 5.74) is 7.39. The fraction of sp³-hybridized carbons (Fsp3) is 0.571. The van der Waals surface area contributed by atoms with Crippen LogP contribution in [0.25, 0.3) is 0 Å². The molecule has 2 aliphatic rings. The summed E-state index contributed by atoms with van der Waals surface area (Å²) in [6.07, 6.45) is 7.95. The molecule has 152 valence electrons. The molecule has 6 nitrogen and oxygen atoms in total. The van der Waals surface area contributed by atoms with Crippen molar-refractivity contribution in [3.63, 3.8) is 0 Å². The van der Waals surface area contributed by atoms with Crippen LogP contribution in [0.15, 0.2) is 23.8 Å². The van der Waals surface area contributed by atoms with Gasteiger partial charge in [0.25, 0.3) is 5.91 Å². The Morgan fingerprint density at radius 1 is 1.29 bits per heavy atom. The fourth-order valence-electron chi connectivity index (χ4n) is 4.02. The van der Waals surface area contributed by atoms with Gasteiger partial charge < -0.3 is 15.5 Å². The number of halogens is 1. The zero-order valence-corrected chi connectivity index (χ0v) is 17.4. The number of allylic oxidation sites excluding steroid dienone is 1. The second kappa shape index (κ2) is 8.95. The number of nitrogens with two attached hydrogens (primary N) is 1. The van der Waals surface area contributed by atoms with Crippen LogP contribution in [0.3, 0.4) is 0 Å². The number of likely N-dealkylation sites (N-methyl/N-ethyl adjacent to an activating group) is 1. The molecule has 0 bridgehead atoms. The SMILES string of the molecule is CC1CCC(=CC(=O)N2CCCC(N(C)C(=O)c3cc(N)nc(Cl)c3)C2)CC1. The maximum Gasteiger partial charge on any atom is 0.254 e. The van der Waals surface area contributed by atoms with E-state index in [0.29, 0.717) is 12.1 Å². The smallest absolute Gasteiger partial charge is 0.254 e. The number of piperidine rings is 1. The molecule has 1 aliphatic carbocycles. The second-order valence-electron chi connectivity index (χ2n) is 8.08. The molecule has 7 heteroatoms. The molecule has 3 rings (SSSR count). The Morgan fingerprint density at radius 2 is 2.00 bits per heavy atom. The van der Waals surface area contributed by atoms with Crippen LogP contribution in [0.4, 0.5) is 5.82 Å². The van der Waals surface area contributed by atoms with Crippen molar-refractivity contribution in [3.05, 3.63) is 34.5 Å². The summed E-state index contributed by atoms with van der Waals surface area (Å²) in [4.78, 5) is 33.1. The number of carbonyl (C=O) groups is 2. The first-order chi connectivity index (χ1) is 13.3. The van der Waals surface area contributed by atoms with Gasteiger partial charge >= 0.3 is 0 Å². The number of hydrogen-bond acceptors (Lipinski definition) is 4. The number of anilines is 1. The highest BCUT2D eigenvalue weighted by Crippen LogP contribution is 2.28. The van der Waals surface area contributed by atoms with Crippen LogP contribution < -0.4 is 5.73 Å². The topological polar surface area (TPSA) is 79.5 Å². The van der Waals surface area contributed by atoms with Crippen LogP contribution in [-0.2, 0) is 4.79 Å². The lowest BCUT2D eigenvalue weighted by Gasteiger charge is -2.37. The minimum absolute atomic E-state index is 0.0249. The van der Waals surface area contributed by atoms with Crippen molar-refractivity contribution < 1.29 is 9.59 Å². The summed E-state index contributed by atoms with van der Waals surface area (Å²) in [6, 6.07) is 3.03. The number of nitrogens with zero attached hydrogens (tertiary/aromatic N) is 3. The first kappa shape index (κ1) is 20.6. The zero-order valence-electron chi connectivity index (χ0n) is 16.7. The van der Waals surface area contributed by atoms with E-state index in [1.807, 2.05) is 11.0 Å². The van der Waals surface area contributed by atoms with E-state index in [9.17, 15) is 9.59 Å². The molecular weight excluding hydrogens is 376 g/mol. The standard InChI is InChI=1S/C21H29ClN4O2/c1-14-5-7-15(8-6-14)10-20(27)26-9-3-4-17(13-26)25(2)21(28)16-11-18(22)24-19(23)12-16/h10-12,14,17H,3-9,13H2,1-2H3,(H2,23,24). The van der Waals surface area contributed by atoms with E-state index < -0.39 is 0 Å². The highest BCUT2D eigenvalue weighted by Gasteiger charge is 2.29. The van der Waals surface area contributed by atoms with Crippen molar-refractivity contribution in [2.75, 3.05) is 25.9 Å². The van der Waals surface area contributed by atoms with Gasteiger partial charge in [0.2, 0.25) is 5.91 Å². The number of amides is 2. The quantitative estimate of drug-likeness (QED) is 0.617. The Bertz CT molecular complexity index is 749. The highest BCUT2D eigenvalue weighted by atomic mass is 35.5. The molecule has 0 spiro atoms. The molecule has 2 amide bonds. The van der Waals surface area contributed by atoms with Gasteiger partial charge in [-0.15, -0.1) is 0 Å². The van der Waals surface area contributed by atoms with Gasteiger partial charge in [0.1, 0.15) is 11.0 Å². The van der Waals surface area contributed by atoms with Crippen molar-refractivity contribution in [2.45, 2.75) is 51.5 Å². The Kier molecular flexibility index (Phi) is 6.60. The first-order valence-electron chi connectivity index (χ1n) is 10.0. The van der Waals surface area contributed by atoms with Gasteiger partial charge in [-0.25, -0.2) is 4.98 Å². The predicted octanol–water partition coefficient (Wildman–Crippen LogP) is 3.52. The summed E-state index contributed by atoms with van der Waals surface area (Å²) in [7, 11) is 1.77. The summed E-state index contributed by atoms with van der Waals surface area (Å²) >= 11 is 5.93. The molecule has 2 heterocycles. The number of pyridine rings is 1. The highest BCUT2D eigenvalue weighted by molar-refractivity contribution is 6.29. The second-order valence-corrected chi connectivity index (χ2v) is 8.47. The number of nitrogen functional groups attached to an aromatic ring is 1. The Balaban J connectivity index is 1.64. The van der Waals surface area contributed by atoms with Crippen molar-refractivity contribution in [1.82, 2.24) is 14.8 Å². The van der Waals surface area contributed by atoms with Crippen molar-refractivity contribution in [3.8, 4) is 0 Å². The Labute approximate surface area is 171 Å². The largest absolute Gasteiger partial charge is 0.384 e. The van der Waals surface area contributed by atoms with Gasteiger partial charge in [-0.1, -0.05) is 24.1 Å². The van der Waals surface area contributed by atoms with Crippen LogP contribution in [0.1, 0.15) is 55.8 Å². The minimum Gasteiger partial charge on any atom is -0.384 e. The molecule has 1 unspecified atom stereocenters. The van der Waals surface area contributed by atoms with Crippen LogP contribution >= 0.6 is 11.6 Å². The van der Waals surface area contributed by atoms with Crippen molar-refractivity contribution in [1.29, 1.82) is 0 Å². The molecule has 1 aromatic rings. The van der Waals surface area contributed by atoms with E-state index in [2.05, 4.69) is 11.9 Å². The molecule has 28 heavy (non-hydrogen) atoms. The Morgan fingerprint density at radius 3 is 2.68 bits per heavy atom. The van der Waals surface area contributed by atoms with E-state index in [0.717, 1.165) is 51.0 Å². The molecule has 0 aromatic carbocycles.